The zero-order valence-corrected chi connectivity index (χ0v) is 14.8. The fourth-order valence-corrected chi connectivity index (χ4v) is 3.53. The number of nitrogens with zero attached hydrogens (tertiary/aromatic N) is 2. The third-order valence-electron chi connectivity index (χ3n) is 4.27. The molecule has 1 fully saturated rings. The van der Waals surface area contributed by atoms with Crippen molar-refractivity contribution in [2.24, 2.45) is 0 Å². The molecule has 1 heterocycles. The molecule has 1 aromatic rings. The molecule has 0 atom stereocenters. The van der Waals surface area contributed by atoms with Crippen LogP contribution in [0.2, 0.25) is 0 Å². The number of hydrogen-bond acceptors (Lipinski definition) is 5. The number of carbonyl (C=O) groups is 2. The summed E-state index contributed by atoms with van der Waals surface area (Å²) in [5, 5.41) is 17.0. The highest BCUT2D eigenvalue weighted by atomic mass is 32.1. The van der Waals surface area contributed by atoms with Gasteiger partial charge in [-0.3, -0.25) is 14.5 Å². The van der Waals surface area contributed by atoms with Gasteiger partial charge in [-0.2, -0.15) is 5.26 Å². The number of hydrogen-bond donors (Lipinski definition) is 2. The highest BCUT2D eigenvalue weighted by Crippen LogP contribution is 2.28. The highest BCUT2D eigenvalue weighted by Gasteiger charge is 2.35. The summed E-state index contributed by atoms with van der Waals surface area (Å²) in [6.07, 6.45) is 3.36. The van der Waals surface area contributed by atoms with E-state index in [1.165, 1.54) is 0 Å². The van der Waals surface area contributed by atoms with Gasteiger partial charge in [-0.1, -0.05) is 13.0 Å². The first-order chi connectivity index (χ1) is 11.6. The Labute approximate surface area is 146 Å². The Bertz CT molecular complexity index is 588. The molecule has 130 valence electrons. The lowest BCUT2D eigenvalue weighted by Crippen LogP contribution is -2.50. The summed E-state index contributed by atoms with van der Waals surface area (Å²) >= 11 is 1.60. The first-order valence-corrected chi connectivity index (χ1v) is 9.18. The molecular weight excluding hydrogens is 324 g/mol. The van der Waals surface area contributed by atoms with Crippen molar-refractivity contribution in [1.82, 2.24) is 15.5 Å². The summed E-state index contributed by atoms with van der Waals surface area (Å²) in [4.78, 5) is 27.1. The summed E-state index contributed by atoms with van der Waals surface area (Å²) in [5.41, 5.74) is -0.710. The quantitative estimate of drug-likeness (QED) is 0.748. The average Bonchev–Trinajstić information content (AvgIpc) is 3.24. The fourth-order valence-electron chi connectivity index (χ4n) is 2.89. The minimum atomic E-state index is -0.710. The molecule has 7 heteroatoms. The topological polar surface area (TPSA) is 85.2 Å². The van der Waals surface area contributed by atoms with E-state index in [0.29, 0.717) is 25.9 Å². The molecule has 0 spiro atoms. The van der Waals surface area contributed by atoms with Gasteiger partial charge in [0.05, 0.1) is 25.7 Å². The number of carbonyl (C=O) groups excluding carboxylic acids is 2. The predicted octanol–water partition coefficient (Wildman–Crippen LogP) is 1.64. The van der Waals surface area contributed by atoms with Crippen molar-refractivity contribution in [3.8, 4) is 6.07 Å². The van der Waals surface area contributed by atoms with E-state index in [1.54, 1.807) is 16.2 Å². The van der Waals surface area contributed by atoms with Crippen molar-refractivity contribution in [3.63, 3.8) is 0 Å². The van der Waals surface area contributed by atoms with Crippen molar-refractivity contribution in [2.75, 3.05) is 19.6 Å². The Morgan fingerprint density at radius 1 is 1.33 bits per heavy atom. The predicted molar refractivity (Wildman–Crippen MR) is 93.2 cm³/mol. The lowest BCUT2D eigenvalue weighted by Gasteiger charge is -2.25. The second-order valence-electron chi connectivity index (χ2n) is 6.11. The van der Waals surface area contributed by atoms with Crippen LogP contribution in [0.15, 0.2) is 17.5 Å². The molecule has 1 aromatic heterocycles. The van der Waals surface area contributed by atoms with Crippen LogP contribution >= 0.6 is 11.3 Å². The van der Waals surface area contributed by atoms with Gasteiger partial charge in [-0.05, 0) is 43.7 Å². The van der Waals surface area contributed by atoms with E-state index in [0.717, 1.165) is 17.7 Å². The van der Waals surface area contributed by atoms with Crippen LogP contribution < -0.4 is 10.6 Å². The Hall–Kier alpha value is -1.91. The molecule has 1 aliphatic carbocycles. The van der Waals surface area contributed by atoms with Gasteiger partial charge >= 0.3 is 0 Å². The second kappa shape index (κ2) is 8.81. The molecule has 2 amide bonds. The zero-order valence-electron chi connectivity index (χ0n) is 14.0. The molecule has 2 N–H and O–H groups in total. The Balaban J connectivity index is 1.77. The number of nitriles is 1. The molecule has 1 saturated carbocycles. The van der Waals surface area contributed by atoms with E-state index in [2.05, 4.69) is 16.7 Å². The van der Waals surface area contributed by atoms with Crippen LogP contribution in [0.3, 0.4) is 0 Å². The third kappa shape index (κ3) is 5.32. The first kappa shape index (κ1) is 18.4. The van der Waals surface area contributed by atoms with E-state index in [-0.39, 0.29) is 24.9 Å². The van der Waals surface area contributed by atoms with Gasteiger partial charge < -0.3 is 10.6 Å². The molecule has 0 saturated heterocycles. The molecule has 6 nitrogen and oxygen atoms in total. The minimum Gasteiger partial charge on any atom is -0.350 e. The maximum Gasteiger partial charge on any atom is 0.235 e. The maximum absolute atomic E-state index is 12.2. The van der Waals surface area contributed by atoms with Crippen LogP contribution in [0.25, 0.3) is 0 Å². The standard InChI is InChI=1S/C17H24N4O2S/c1-2-21(11-15(22)19-10-14-6-5-9-24-14)12-16(23)20-17(13-18)7-3-4-8-17/h5-6,9H,2-4,7-8,10-12H2,1H3,(H,19,22)(H,20,23). The van der Waals surface area contributed by atoms with Crippen LogP contribution in [0.5, 0.6) is 0 Å². The van der Waals surface area contributed by atoms with Crippen molar-refractivity contribution in [3.05, 3.63) is 22.4 Å². The van der Waals surface area contributed by atoms with Crippen LogP contribution in [0, 0.1) is 11.3 Å². The lowest BCUT2D eigenvalue weighted by atomic mass is 10.00. The first-order valence-electron chi connectivity index (χ1n) is 8.30. The largest absolute Gasteiger partial charge is 0.350 e. The monoisotopic (exact) mass is 348 g/mol. The number of rotatable bonds is 8. The molecule has 24 heavy (non-hydrogen) atoms. The van der Waals surface area contributed by atoms with Crippen molar-refractivity contribution < 1.29 is 9.59 Å². The SMILES string of the molecule is CCN(CC(=O)NCc1cccs1)CC(=O)NC1(C#N)CCCC1. The third-order valence-corrected chi connectivity index (χ3v) is 5.15. The smallest absolute Gasteiger partial charge is 0.235 e. The normalized spacial score (nSPS) is 15.9. The summed E-state index contributed by atoms with van der Waals surface area (Å²) in [5.74, 6) is -0.291. The van der Waals surface area contributed by atoms with Gasteiger partial charge in [-0.25, -0.2) is 0 Å². The number of likely N-dealkylation sites (N-methyl/N-ethyl adjacent to an activating group) is 1. The van der Waals surface area contributed by atoms with Crippen LogP contribution in [-0.4, -0.2) is 41.9 Å². The maximum atomic E-state index is 12.2. The van der Waals surface area contributed by atoms with Gasteiger partial charge in [0.2, 0.25) is 11.8 Å². The summed E-state index contributed by atoms with van der Waals surface area (Å²) in [6.45, 7) is 3.33. The zero-order chi connectivity index (χ0) is 17.4. The van der Waals surface area contributed by atoms with Gasteiger partial charge in [0.25, 0.3) is 0 Å². The van der Waals surface area contributed by atoms with Crippen molar-refractivity contribution in [2.45, 2.75) is 44.7 Å². The van der Waals surface area contributed by atoms with Crippen LogP contribution in [0.1, 0.15) is 37.5 Å². The van der Waals surface area contributed by atoms with E-state index in [4.69, 9.17) is 0 Å². The van der Waals surface area contributed by atoms with E-state index < -0.39 is 5.54 Å². The van der Waals surface area contributed by atoms with E-state index >= 15 is 0 Å². The summed E-state index contributed by atoms with van der Waals surface area (Å²) in [7, 11) is 0. The van der Waals surface area contributed by atoms with Gasteiger partial charge in [0.1, 0.15) is 5.54 Å². The average molecular weight is 348 g/mol. The summed E-state index contributed by atoms with van der Waals surface area (Å²) < 4.78 is 0. The molecule has 0 aliphatic heterocycles. The van der Waals surface area contributed by atoms with Crippen LogP contribution in [-0.2, 0) is 16.1 Å². The number of nitrogens with one attached hydrogen (secondary N) is 2. The molecule has 2 rings (SSSR count). The van der Waals surface area contributed by atoms with E-state index in [9.17, 15) is 14.9 Å². The number of thiophene rings is 1. The fraction of sp³-hybridized carbons (Fsp3) is 0.588. The van der Waals surface area contributed by atoms with Crippen LogP contribution in [0.4, 0.5) is 0 Å². The second-order valence-corrected chi connectivity index (χ2v) is 7.14. The molecule has 1 aliphatic rings. The summed E-state index contributed by atoms with van der Waals surface area (Å²) in [6, 6.07) is 6.17. The van der Waals surface area contributed by atoms with Gasteiger partial charge in [0.15, 0.2) is 0 Å². The molecule has 0 aromatic carbocycles. The Morgan fingerprint density at radius 3 is 2.62 bits per heavy atom. The minimum absolute atomic E-state index is 0.103. The Morgan fingerprint density at radius 2 is 2.04 bits per heavy atom. The van der Waals surface area contributed by atoms with Crippen molar-refractivity contribution in [1.29, 1.82) is 5.26 Å². The molecular formula is C17H24N4O2S. The van der Waals surface area contributed by atoms with Gasteiger partial charge in [0, 0.05) is 4.88 Å². The van der Waals surface area contributed by atoms with Gasteiger partial charge in [-0.15, -0.1) is 11.3 Å². The van der Waals surface area contributed by atoms with Crippen molar-refractivity contribution >= 4 is 23.2 Å². The Kier molecular flexibility index (Phi) is 6.76. The number of amides is 2. The molecule has 0 unspecified atom stereocenters. The molecule has 0 radical (unpaired) electrons. The molecule has 0 bridgehead atoms. The lowest BCUT2D eigenvalue weighted by molar-refractivity contribution is -0.125. The highest BCUT2D eigenvalue weighted by molar-refractivity contribution is 7.09. The van der Waals surface area contributed by atoms with E-state index in [1.807, 2.05) is 24.4 Å².